The fraction of sp³-hybridized carbons (Fsp3) is 0.174. The average molecular weight is 464 g/mol. The van der Waals surface area contributed by atoms with Crippen molar-refractivity contribution in [1.29, 1.82) is 0 Å². The fourth-order valence-corrected chi connectivity index (χ4v) is 4.20. The summed E-state index contributed by atoms with van der Waals surface area (Å²) in [5, 5.41) is 14.2. The van der Waals surface area contributed by atoms with E-state index in [4.69, 9.17) is 5.73 Å². The van der Waals surface area contributed by atoms with Gasteiger partial charge < -0.3 is 15.7 Å². The minimum atomic E-state index is -1.03. The maximum Gasteiger partial charge on any atom is 0.407 e. The van der Waals surface area contributed by atoms with Gasteiger partial charge in [0.25, 0.3) is 0 Å². The topological polar surface area (TPSA) is 127 Å². The molecule has 1 fully saturated rings. The van der Waals surface area contributed by atoms with Gasteiger partial charge in [0.2, 0.25) is 0 Å². The summed E-state index contributed by atoms with van der Waals surface area (Å²) < 4.78 is 30.3. The second-order valence-corrected chi connectivity index (χ2v) is 7.96. The van der Waals surface area contributed by atoms with Crippen molar-refractivity contribution in [3.63, 3.8) is 0 Å². The highest BCUT2D eigenvalue weighted by molar-refractivity contribution is 6.09. The van der Waals surface area contributed by atoms with Crippen LogP contribution < -0.4 is 5.73 Å². The van der Waals surface area contributed by atoms with Crippen LogP contribution in [0.5, 0.6) is 0 Å². The Bertz CT molecular complexity index is 1450. The number of nitrogens with two attached hydrogens (primary N) is 1. The van der Waals surface area contributed by atoms with Crippen LogP contribution in [0.4, 0.5) is 19.4 Å². The number of anilines is 1. The summed E-state index contributed by atoms with van der Waals surface area (Å²) >= 11 is 0. The van der Waals surface area contributed by atoms with Gasteiger partial charge in [-0.1, -0.05) is 18.2 Å². The van der Waals surface area contributed by atoms with Crippen molar-refractivity contribution in [3.05, 3.63) is 71.6 Å². The van der Waals surface area contributed by atoms with Gasteiger partial charge in [0.1, 0.15) is 29.5 Å². The minimum Gasteiger partial charge on any atom is -0.465 e. The lowest BCUT2D eigenvalue weighted by atomic mass is 10.00. The number of benzene rings is 2. The van der Waals surface area contributed by atoms with E-state index in [0.717, 1.165) is 12.1 Å². The van der Waals surface area contributed by atoms with Crippen LogP contribution in [-0.2, 0) is 0 Å². The van der Waals surface area contributed by atoms with Crippen LogP contribution in [0.1, 0.15) is 28.4 Å². The molecule has 1 aliphatic rings. The molecule has 0 unspecified atom stereocenters. The van der Waals surface area contributed by atoms with Gasteiger partial charge in [-0.3, -0.25) is 4.79 Å². The number of halogens is 2. The molecule has 2 aromatic carbocycles. The smallest absolute Gasteiger partial charge is 0.407 e. The number of hydrogen-bond acceptors (Lipinski definition) is 6. The molecule has 1 amide bonds. The van der Waals surface area contributed by atoms with E-state index in [1.807, 2.05) is 0 Å². The molecule has 11 heteroatoms. The van der Waals surface area contributed by atoms with E-state index in [9.17, 15) is 19.1 Å². The molecule has 0 aliphatic carbocycles. The van der Waals surface area contributed by atoms with E-state index in [-0.39, 0.29) is 40.8 Å². The van der Waals surface area contributed by atoms with E-state index in [1.54, 1.807) is 4.68 Å². The molecule has 1 atom stereocenters. The molecule has 0 spiro atoms. The second-order valence-electron chi connectivity index (χ2n) is 7.96. The third-order valence-corrected chi connectivity index (χ3v) is 5.87. The molecule has 4 aromatic rings. The van der Waals surface area contributed by atoms with Gasteiger partial charge in [-0.2, -0.15) is 5.10 Å². The number of nitrogen functional groups attached to an aromatic ring is 1. The zero-order chi connectivity index (χ0) is 24.0. The quantitative estimate of drug-likeness (QED) is 0.443. The van der Waals surface area contributed by atoms with Gasteiger partial charge in [-0.15, -0.1) is 0 Å². The number of ketones is 1. The zero-order valence-corrected chi connectivity index (χ0v) is 17.7. The summed E-state index contributed by atoms with van der Waals surface area (Å²) in [4.78, 5) is 33.5. The lowest BCUT2D eigenvalue weighted by Gasteiger charge is -2.13. The van der Waals surface area contributed by atoms with Crippen molar-refractivity contribution in [1.82, 2.24) is 24.6 Å². The van der Waals surface area contributed by atoms with Gasteiger partial charge in [-0.25, -0.2) is 28.2 Å². The highest BCUT2D eigenvalue weighted by Gasteiger charge is 2.31. The molecule has 2 aromatic heterocycles. The molecule has 9 nitrogen and oxygen atoms in total. The molecule has 172 valence electrons. The van der Waals surface area contributed by atoms with Crippen molar-refractivity contribution in [2.45, 2.75) is 12.5 Å². The number of carbonyl (C=O) groups is 2. The molecular weight excluding hydrogens is 446 g/mol. The second kappa shape index (κ2) is 8.18. The Morgan fingerprint density at radius 2 is 1.88 bits per heavy atom. The van der Waals surface area contributed by atoms with Gasteiger partial charge in [-0.05, 0) is 30.7 Å². The van der Waals surface area contributed by atoms with Crippen LogP contribution in [0, 0.1) is 11.6 Å². The molecule has 0 radical (unpaired) electrons. The minimum absolute atomic E-state index is 0.0488. The van der Waals surface area contributed by atoms with E-state index in [1.165, 1.54) is 41.6 Å². The summed E-state index contributed by atoms with van der Waals surface area (Å²) in [6.45, 7) is 0.543. The van der Waals surface area contributed by atoms with Crippen LogP contribution in [0.15, 0.2) is 48.8 Å². The van der Waals surface area contributed by atoms with Crippen molar-refractivity contribution < 1.29 is 23.5 Å². The van der Waals surface area contributed by atoms with Crippen LogP contribution in [0.25, 0.3) is 22.3 Å². The van der Waals surface area contributed by atoms with Crippen molar-refractivity contribution in [2.75, 3.05) is 18.8 Å². The number of fused-ring (bicyclic) bond motifs is 1. The van der Waals surface area contributed by atoms with Crippen LogP contribution in [0.2, 0.25) is 0 Å². The van der Waals surface area contributed by atoms with Gasteiger partial charge in [0.15, 0.2) is 11.4 Å². The van der Waals surface area contributed by atoms with Crippen molar-refractivity contribution in [2.24, 2.45) is 0 Å². The zero-order valence-electron chi connectivity index (χ0n) is 17.7. The van der Waals surface area contributed by atoms with E-state index >= 15 is 4.39 Å². The number of carbonyl (C=O) groups excluding carboxylic acids is 1. The van der Waals surface area contributed by atoms with Crippen LogP contribution in [-0.4, -0.2) is 54.7 Å². The highest BCUT2D eigenvalue weighted by Crippen LogP contribution is 2.35. The van der Waals surface area contributed by atoms with Gasteiger partial charge in [0, 0.05) is 29.8 Å². The Hall–Kier alpha value is -4.41. The van der Waals surface area contributed by atoms with Gasteiger partial charge in [0.05, 0.1) is 11.4 Å². The lowest BCUT2D eigenvalue weighted by Crippen LogP contribution is -2.27. The Morgan fingerprint density at radius 1 is 1.09 bits per heavy atom. The molecule has 5 rings (SSSR count). The molecule has 1 aliphatic heterocycles. The third-order valence-electron chi connectivity index (χ3n) is 5.87. The number of carboxylic acid groups (broad SMARTS) is 1. The number of rotatable bonds is 4. The molecule has 3 N–H and O–H groups in total. The number of hydrogen-bond donors (Lipinski definition) is 2. The summed E-state index contributed by atoms with van der Waals surface area (Å²) in [7, 11) is 0. The average Bonchev–Trinajstić information content (AvgIpc) is 3.44. The molecule has 0 saturated carbocycles. The first-order valence-electron chi connectivity index (χ1n) is 10.4. The van der Waals surface area contributed by atoms with Crippen LogP contribution in [0.3, 0.4) is 0 Å². The predicted octanol–water partition coefficient (Wildman–Crippen LogP) is 3.51. The summed E-state index contributed by atoms with van der Waals surface area (Å²) in [5.41, 5.74) is 6.85. The summed E-state index contributed by atoms with van der Waals surface area (Å²) in [6.07, 6.45) is 0.745. The molecule has 1 saturated heterocycles. The van der Waals surface area contributed by atoms with Crippen molar-refractivity contribution in [3.8, 4) is 11.3 Å². The molecule has 0 bridgehead atoms. The normalized spacial score (nSPS) is 15.7. The molecule has 34 heavy (non-hydrogen) atoms. The number of nitrogens with zero attached hydrogens (tertiary/aromatic N) is 5. The fourth-order valence-electron chi connectivity index (χ4n) is 4.20. The monoisotopic (exact) mass is 464 g/mol. The van der Waals surface area contributed by atoms with Gasteiger partial charge >= 0.3 is 6.09 Å². The van der Waals surface area contributed by atoms with Crippen molar-refractivity contribution >= 4 is 28.7 Å². The predicted molar refractivity (Wildman–Crippen MR) is 118 cm³/mol. The van der Waals surface area contributed by atoms with E-state index in [0.29, 0.717) is 24.0 Å². The number of likely N-dealkylation sites (tertiary alicyclic amines) is 1. The molecule has 3 heterocycles. The maximum atomic E-state index is 15.3. The maximum absolute atomic E-state index is 15.3. The standard InChI is InChI=1S/C23H18F2N6O3/c24-14-3-1-2-12(8-14)20(32)13-4-5-16(17(25)9-13)19-18-21(26)27-11-28-22(18)31(29-19)15-6-7-30(10-15)23(33)34/h1-5,8-9,11,15H,6-7,10H2,(H,33,34)(H2,26,27,28)/t15-/m1/s1. The highest BCUT2D eigenvalue weighted by atomic mass is 19.1. The number of amides is 1. The van der Waals surface area contributed by atoms with E-state index in [2.05, 4.69) is 15.1 Å². The van der Waals surface area contributed by atoms with Crippen LogP contribution >= 0.6 is 0 Å². The SMILES string of the molecule is Nc1ncnc2c1c(-c1ccc(C(=O)c3cccc(F)c3)cc1F)nn2[C@@H]1CCN(C(=O)O)C1. The largest absolute Gasteiger partial charge is 0.465 e. The van der Waals surface area contributed by atoms with E-state index < -0.39 is 23.5 Å². The third kappa shape index (κ3) is 3.60. The summed E-state index contributed by atoms with van der Waals surface area (Å²) in [5.74, 6) is -1.72. The first kappa shape index (κ1) is 21.4. The Kier molecular flexibility index (Phi) is 5.16. The molecular formula is C23H18F2N6O3. The Labute approximate surface area is 191 Å². The number of aromatic nitrogens is 4. The summed E-state index contributed by atoms with van der Waals surface area (Å²) in [6, 6.07) is 8.75. The Morgan fingerprint density at radius 3 is 2.59 bits per heavy atom. The first-order valence-corrected chi connectivity index (χ1v) is 10.4. The Balaban J connectivity index is 1.57. The lowest BCUT2D eigenvalue weighted by molar-refractivity contribution is 0.103. The first-order chi connectivity index (χ1) is 16.3.